The number of hydrogen-bond donors (Lipinski definition) is 1. The number of anilines is 1. The van der Waals surface area contributed by atoms with Crippen LogP contribution in [0.5, 0.6) is 0 Å². The molecule has 0 saturated carbocycles. The third-order valence-electron chi connectivity index (χ3n) is 2.17. The van der Waals surface area contributed by atoms with E-state index in [4.69, 9.17) is 10.00 Å². The van der Waals surface area contributed by atoms with Gasteiger partial charge in [0.1, 0.15) is 5.41 Å². The predicted molar refractivity (Wildman–Crippen MR) is 59.4 cm³/mol. The van der Waals surface area contributed by atoms with Crippen LogP contribution in [0.4, 0.5) is 5.00 Å². The summed E-state index contributed by atoms with van der Waals surface area (Å²) in [6.07, 6.45) is 0. The van der Waals surface area contributed by atoms with Gasteiger partial charge in [0.2, 0.25) is 0 Å². The Kier molecular flexibility index (Phi) is 2.77. The van der Waals surface area contributed by atoms with Crippen LogP contribution in [0, 0.1) is 16.7 Å². The fraction of sp³-hybridized carbons (Fsp3) is 0.444. The predicted octanol–water partition coefficient (Wildman–Crippen LogP) is 2.46. The highest BCUT2D eigenvalue weighted by molar-refractivity contribution is 9.11. The highest BCUT2D eigenvalue weighted by atomic mass is 79.9. The molecule has 0 bridgehead atoms. The zero-order valence-corrected chi connectivity index (χ0v) is 9.82. The van der Waals surface area contributed by atoms with E-state index in [1.807, 2.05) is 12.1 Å². The molecule has 1 saturated heterocycles. The van der Waals surface area contributed by atoms with Crippen LogP contribution in [0.2, 0.25) is 0 Å². The Hall–Kier alpha value is -0.570. The quantitative estimate of drug-likeness (QED) is 0.920. The third kappa shape index (κ3) is 1.92. The summed E-state index contributed by atoms with van der Waals surface area (Å²) in [5.74, 6) is 0. The Balaban J connectivity index is 1.91. The number of halogens is 1. The third-order valence-corrected chi connectivity index (χ3v) is 3.75. The van der Waals surface area contributed by atoms with Gasteiger partial charge in [-0.2, -0.15) is 5.26 Å². The number of rotatable bonds is 3. The maximum atomic E-state index is 8.94. The molecule has 74 valence electrons. The number of thiophene rings is 1. The van der Waals surface area contributed by atoms with Crippen molar-refractivity contribution >= 4 is 32.3 Å². The average Bonchev–Trinajstić information content (AvgIpc) is 2.50. The van der Waals surface area contributed by atoms with Gasteiger partial charge >= 0.3 is 0 Å². The van der Waals surface area contributed by atoms with Gasteiger partial charge in [-0.3, -0.25) is 0 Å². The number of nitrogens with zero attached hydrogens (tertiary/aromatic N) is 1. The molecule has 2 rings (SSSR count). The first-order valence-electron chi connectivity index (χ1n) is 4.22. The average molecular weight is 273 g/mol. The highest BCUT2D eigenvalue weighted by Gasteiger charge is 2.38. The topological polar surface area (TPSA) is 45.0 Å². The largest absolute Gasteiger partial charge is 0.378 e. The van der Waals surface area contributed by atoms with Gasteiger partial charge in [0.25, 0.3) is 0 Å². The molecule has 1 N–H and O–H groups in total. The van der Waals surface area contributed by atoms with Gasteiger partial charge in [0, 0.05) is 6.54 Å². The molecule has 0 unspecified atom stereocenters. The molecule has 0 spiro atoms. The molecule has 3 nitrogen and oxygen atoms in total. The van der Waals surface area contributed by atoms with Gasteiger partial charge in [-0.25, -0.2) is 0 Å². The van der Waals surface area contributed by atoms with Crippen molar-refractivity contribution < 1.29 is 4.74 Å². The molecule has 1 aromatic heterocycles. The van der Waals surface area contributed by atoms with Crippen LogP contribution in [-0.4, -0.2) is 19.8 Å². The monoisotopic (exact) mass is 272 g/mol. The van der Waals surface area contributed by atoms with Crippen molar-refractivity contribution in [2.45, 2.75) is 0 Å². The molecule has 1 aliphatic rings. The lowest BCUT2D eigenvalue weighted by Crippen LogP contribution is -2.46. The van der Waals surface area contributed by atoms with E-state index in [-0.39, 0.29) is 5.41 Å². The lowest BCUT2D eigenvalue weighted by Gasteiger charge is -2.34. The normalized spacial score (nSPS) is 18.3. The van der Waals surface area contributed by atoms with Crippen LogP contribution in [0.15, 0.2) is 15.9 Å². The molecule has 0 atom stereocenters. The van der Waals surface area contributed by atoms with E-state index in [9.17, 15) is 0 Å². The van der Waals surface area contributed by atoms with Crippen molar-refractivity contribution in [1.29, 1.82) is 5.26 Å². The lowest BCUT2D eigenvalue weighted by atomic mass is 9.88. The van der Waals surface area contributed by atoms with Gasteiger partial charge in [-0.1, -0.05) is 0 Å². The van der Waals surface area contributed by atoms with Crippen molar-refractivity contribution in [2.75, 3.05) is 25.1 Å². The van der Waals surface area contributed by atoms with E-state index in [0.717, 1.165) is 8.79 Å². The number of nitriles is 1. The molecule has 1 aliphatic heterocycles. The lowest BCUT2D eigenvalue weighted by molar-refractivity contribution is -0.0690. The van der Waals surface area contributed by atoms with Crippen LogP contribution >= 0.6 is 27.3 Å². The molecule has 1 aromatic rings. The van der Waals surface area contributed by atoms with E-state index in [0.29, 0.717) is 19.8 Å². The Labute approximate surface area is 94.8 Å². The Morgan fingerprint density at radius 3 is 2.86 bits per heavy atom. The number of hydrogen-bond acceptors (Lipinski definition) is 4. The standard InChI is InChI=1S/C9H9BrN2OS/c10-7-1-2-8(14-7)12-4-9(3-11)5-13-6-9/h1-2,12H,4-6H2. The van der Waals surface area contributed by atoms with E-state index >= 15 is 0 Å². The van der Waals surface area contributed by atoms with Crippen molar-refractivity contribution in [3.8, 4) is 6.07 Å². The molecule has 14 heavy (non-hydrogen) atoms. The minimum Gasteiger partial charge on any atom is -0.378 e. The zero-order chi connectivity index (χ0) is 10.0. The van der Waals surface area contributed by atoms with Crippen LogP contribution in [0.1, 0.15) is 0 Å². The highest BCUT2D eigenvalue weighted by Crippen LogP contribution is 2.30. The molecule has 1 fully saturated rings. The first-order chi connectivity index (χ1) is 6.74. The molecular weight excluding hydrogens is 264 g/mol. The van der Waals surface area contributed by atoms with Gasteiger partial charge in [0.15, 0.2) is 0 Å². The molecule has 0 aliphatic carbocycles. The Morgan fingerprint density at radius 1 is 1.64 bits per heavy atom. The zero-order valence-electron chi connectivity index (χ0n) is 7.42. The van der Waals surface area contributed by atoms with E-state index < -0.39 is 0 Å². The Bertz CT molecular complexity index is 367. The molecule has 5 heteroatoms. The van der Waals surface area contributed by atoms with E-state index in [1.54, 1.807) is 11.3 Å². The van der Waals surface area contributed by atoms with E-state index in [1.165, 1.54) is 0 Å². The van der Waals surface area contributed by atoms with Crippen molar-refractivity contribution in [2.24, 2.45) is 5.41 Å². The second-order valence-corrected chi connectivity index (χ2v) is 5.81. The summed E-state index contributed by atoms with van der Waals surface area (Å²) >= 11 is 5.02. The molecule has 2 heterocycles. The summed E-state index contributed by atoms with van der Waals surface area (Å²) in [5.41, 5.74) is -0.309. The van der Waals surface area contributed by atoms with Gasteiger partial charge in [-0.05, 0) is 28.1 Å². The number of nitrogens with one attached hydrogen (secondary N) is 1. The van der Waals surface area contributed by atoms with Crippen LogP contribution in [0.25, 0.3) is 0 Å². The second-order valence-electron chi connectivity index (χ2n) is 3.34. The molecular formula is C9H9BrN2OS. The first-order valence-corrected chi connectivity index (χ1v) is 5.83. The SMILES string of the molecule is N#CC1(CNc2ccc(Br)s2)COC1. The van der Waals surface area contributed by atoms with Gasteiger partial charge in [0.05, 0.1) is 28.1 Å². The summed E-state index contributed by atoms with van der Waals surface area (Å²) in [6.45, 7) is 1.75. The minimum absolute atomic E-state index is 0.309. The van der Waals surface area contributed by atoms with Crippen molar-refractivity contribution in [1.82, 2.24) is 0 Å². The second kappa shape index (κ2) is 3.89. The maximum Gasteiger partial charge on any atom is 0.121 e. The van der Waals surface area contributed by atoms with Gasteiger partial charge < -0.3 is 10.1 Å². The number of ether oxygens (including phenoxy) is 1. The molecule has 0 radical (unpaired) electrons. The fourth-order valence-corrected chi connectivity index (χ4v) is 2.50. The molecule has 0 amide bonds. The van der Waals surface area contributed by atoms with Crippen LogP contribution in [0.3, 0.4) is 0 Å². The summed E-state index contributed by atoms with van der Waals surface area (Å²) < 4.78 is 6.15. The van der Waals surface area contributed by atoms with Crippen molar-refractivity contribution in [3.05, 3.63) is 15.9 Å². The first kappa shape index (κ1) is 9.97. The fourth-order valence-electron chi connectivity index (χ4n) is 1.22. The van der Waals surface area contributed by atoms with Gasteiger partial charge in [-0.15, -0.1) is 11.3 Å². The summed E-state index contributed by atoms with van der Waals surface area (Å²) in [4.78, 5) is 0. The Morgan fingerprint density at radius 2 is 2.43 bits per heavy atom. The van der Waals surface area contributed by atoms with Crippen LogP contribution < -0.4 is 5.32 Å². The smallest absolute Gasteiger partial charge is 0.121 e. The maximum absolute atomic E-state index is 8.94. The summed E-state index contributed by atoms with van der Waals surface area (Å²) in [6, 6.07) is 6.29. The van der Waals surface area contributed by atoms with Crippen LogP contribution in [-0.2, 0) is 4.74 Å². The molecule has 0 aromatic carbocycles. The summed E-state index contributed by atoms with van der Waals surface area (Å²) in [7, 11) is 0. The van der Waals surface area contributed by atoms with Crippen molar-refractivity contribution in [3.63, 3.8) is 0 Å². The van der Waals surface area contributed by atoms with E-state index in [2.05, 4.69) is 27.3 Å². The summed E-state index contributed by atoms with van der Waals surface area (Å²) in [5, 5.41) is 13.3. The minimum atomic E-state index is -0.309.